The smallest absolute Gasteiger partial charge is 0.227 e. The van der Waals surface area contributed by atoms with Gasteiger partial charge in [-0.1, -0.05) is 37.6 Å². The van der Waals surface area contributed by atoms with Gasteiger partial charge < -0.3 is 10.0 Å². The molecule has 1 aliphatic rings. The average Bonchev–Trinajstić information content (AvgIpc) is 2.41. The number of β-amino-alcohol motifs (C(OH)–C–C–N with tert-alkyl or cyclic N) is 1. The first-order valence-corrected chi connectivity index (χ1v) is 7.22. The summed E-state index contributed by atoms with van der Waals surface area (Å²) in [5, 5.41) is 9.60. The number of likely N-dealkylation sites (tertiary alicyclic amines) is 1. The SMILES string of the molecule is CCCc1ccc(CC(=O)N2CCCC(O)C2)cc1. The van der Waals surface area contributed by atoms with Crippen molar-refractivity contribution in [1.29, 1.82) is 0 Å². The van der Waals surface area contributed by atoms with E-state index in [4.69, 9.17) is 0 Å². The second-order valence-electron chi connectivity index (χ2n) is 5.38. The minimum absolute atomic E-state index is 0.127. The lowest BCUT2D eigenvalue weighted by molar-refractivity contribution is -0.133. The molecule has 1 amide bonds. The van der Waals surface area contributed by atoms with E-state index in [1.807, 2.05) is 12.1 Å². The molecule has 1 unspecified atom stereocenters. The second-order valence-corrected chi connectivity index (χ2v) is 5.38. The summed E-state index contributed by atoms with van der Waals surface area (Å²) >= 11 is 0. The summed E-state index contributed by atoms with van der Waals surface area (Å²) in [5.41, 5.74) is 2.39. The standard InChI is InChI=1S/C16H23NO2/c1-2-4-13-6-8-14(9-7-13)11-16(19)17-10-3-5-15(18)12-17/h6-9,15,18H,2-5,10-12H2,1H3. The van der Waals surface area contributed by atoms with Crippen LogP contribution in [0.15, 0.2) is 24.3 Å². The molecule has 1 heterocycles. The molecule has 1 aromatic rings. The van der Waals surface area contributed by atoms with Gasteiger partial charge in [-0.05, 0) is 30.4 Å². The van der Waals surface area contributed by atoms with Crippen LogP contribution < -0.4 is 0 Å². The maximum absolute atomic E-state index is 12.1. The first-order chi connectivity index (χ1) is 9.19. The number of aliphatic hydroxyl groups is 1. The molecule has 3 nitrogen and oxygen atoms in total. The number of benzene rings is 1. The highest BCUT2D eigenvalue weighted by Crippen LogP contribution is 2.13. The molecule has 0 saturated carbocycles. The average molecular weight is 261 g/mol. The van der Waals surface area contributed by atoms with Crippen LogP contribution in [0.3, 0.4) is 0 Å². The van der Waals surface area contributed by atoms with Crippen LogP contribution >= 0.6 is 0 Å². The van der Waals surface area contributed by atoms with Gasteiger partial charge in [-0.25, -0.2) is 0 Å². The number of piperidine rings is 1. The Hall–Kier alpha value is -1.35. The van der Waals surface area contributed by atoms with Crippen LogP contribution in [0.5, 0.6) is 0 Å². The normalized spacial score (nSPS) is 19.5. The predicted molar refractivity (Wildman–Crippen MR) is 76.0 cm³/mol. The molecular weight excluding hydrogens is 238 g/mol. The highest BCUT2D eigenvalue weighted by molar-refractivity contribution is 5.78. The Morgan fingerprint density at radius 3 is 2.63 bits per heavy atom. The minimum Gasteiger partial charge on any atom is -0.391 e. The van der Waals surface area contributed by atoms with Gasteiger partial charge >= 0.3 is 0 Å². The predicted octanol–water partition coefficient (Wildman–Crippen LogP) is 2.16. The molecule has 0 aromatic heterocycles. The molecule has 19 heavy (non-hydrogen) atoms. The molecule has 1 N–H and O–H groups in total. The third kappa shape index (κ3) is 4.06. The first-order valence-electron chi connectivity index (χ1n) is 7.22. The van der Waals surface area contributed by atoms with Gasteiger partial charge in [0.2, 0.25) is 5.91 Å². The first kappa shape index (κ1) is 14.1. The summed E-state index contributed by atoms with van der Waals surface area (Å²) in [7, 11) is 0. The van der Waals surface area contributed by atoms with Crippen molar-refractivity contribution in [3.8, 4) is 0 Å². The summed E-state index contributed by atoms with van der Waals surface area (Å²) in [6.07, 6.45) is 4.05. The number of aliphatic hydroxyl groups excluding tert-OH is 1. The van der Waals surface area contributed by atoms with Crippen molar-refractivity contribution < 1.29 is 9.90 Å². The molecule has 1 fully saturated rings. The molecule has 0 radical (unpaired) electrons. The molecule has 3 heteroatoms. The summed E-state index contributed by atoms with van der Waals surface area (Å²) in [5.74, 6) is 0.127. The summed E-state index contributed by atoms with van der Waals surface area (Å²) in [6.45, 7) is 3.44. The zero-order valence-electron chi connectivity index (χ0n) is 11.6. The Balaban J connectivity index is 1.90. The number of hydrogen-bond acceptors (Lipinski definition) is 2. The van der Waals surface area contributed by atoms with Crippen LogP contribution in [0.25, 0.3) is 0 Å². The van der Waals surface area contributed by atoms with Gasteiger partial charge in [-0.2, -0.15) is 0 Å². The monoisotopic (exact) mass is 261 g/mol. The maximum atomic E-state index is 12.1. The largest absolute Gasteiger partial charge is 0.391 e. The maximum Gasteiger partial charge on any atom is 0.227 e. The number of amides is 1. The Morgan fingerprint density at radius 1 is 1.32 bits per heavy atom. The van der Waals surface area contributed by atoms with Crippen molar-refractivity contribution in [2.45, 2.75) is 45.1 Å². The van der Waals surface area contributed by atoms with Gasteiger partial charge in [0, 0.05) is 13.1 Å². The number of carbonyl (C=O) groups is 1. The van der Waals surface area contributed by atoms with E-state index in [1.165, 1.54) is 5.56 Å². The van der Waals surface area contributed by atoms with Gasteiger partial charge in [-0.15, -0.1) is 0 Å². The molecule has 1 aromatic carbocycles. The molecule has 0 spiro atoms. The van der Waals surface area contributed by atoms with Crippen LogP contribution in [0.4, 0.5) is 0 Å². The van der Waals surface area contributed by atoms with E-state index in [0.29, 0.717) is 13.0 Å². The van der Waals surface area contributed by atoms with Gasteiger partial charge in [0.1, 0.15) is 0 Å². The summed E-state index contributed by atoms with van der Waals surface area (Å²) in [6, 6.07) is 8.31. The Morgan fingerprint density at radius 2 is 2.00 bits per heavy atom. The fourth-order valence-corrected chi connectivity index (χ4v) is 2.58. The summed E-state index contributed by atoms with van der Waals surface area (Å²) in [4.78, 5) is 13.9. The third-order valence-electron chi connectivity index (χ3n) is 3.67. The van der Waals surface area contributed by atoms with Crippen molar-refractivity contribution in [2.24, 2.45) is 0 Å². The number of rotatable bonds is 4. The van der Waals surface area contributed by atoms with Crippen molar-refractivity contribution in [3.63, 3.8) is 0 Å². The van der Waals surface area contributed by atoms with Crippen LogP contribution in [0, 0.1) is 0 Å². The molecular formula is C16H23NO2. The molecule has 1 aliphatic heterocycles. The van der Waals surface area contributed by atoms with E-state index < -0.39 is 0 Å². The molecule has 0 aliphatic carbocycles. The van der Waals surface area contributed by atoms with Gasteiger partial charge in [-0.3, -0.25) is 4.79 Å². The van der Waals surface area contributed by atoms with E-state index in [1.54, 1.807) is 4.90 Å². The molecule has 0 bridgehead atoms. The van der Waals surface area contributed by atoms with Crippen molar-refractivity contribution in [2.75, 3.05) is 13.1 Å². The van der Waals surface area contributed by atoms with Crippen molar-refractivity contribution >= 4 is 5.91 Å². The van der Waals surface area contributed by atoms with Crippen LogP contribution in [-0.2, 0) is 17.6 Å². The Labute approximate surface area is 115 Å². The van der Waals surface area contributed by atoms with Crippen LogP contribution in [-0.4, -0.2) is 35.1 Å². The molecule has 104 valence electrons. The topological polar surface area (TPSA) is 40.5 Å². The van der Waals surface area contributed by atoms with Gasteiger partial charge in [0.15, 0.2) is 0 Å². The number of aryl methyl sites for hydroxylation is 1. The number of hydrogen-bond donors (Lipinski definition) is 1. The lowest BCUT2D eigenvalue weighted by Crippen LogP contribution is -2.42. The lowest BCUT2D eigenvalue weighted by atomic mass is 10.0. The third-order valence-corrected chi connectivity index (χ3v) is 3.67. The fourth-order valence-electron chi connectivity index (χ4n) is 2.58. The van der Waals surface area contributed by atoms with Crippen molar-refractivity contribution in [1.82, 2.24) is 4.90 Å². The van der Waals surface area contributed by atoms with E-state index in [9.17, 15) is 9.90 Å². The quantitative estimate of drug-likeness (QED) is 0.902. The van der Waals surface area contributed by atoms with E-state index in [0.717, 1.165) is 37.8 Å². The zero-order chi connectivity index (χ0) is 13.7. The molecule has 2 rings (SSSR count). The summed E-state index contributed by atoms with van der Waals surface area (Å²) < 4.78 is 0. The van der Waals surface area contributed by atoms with Crippen molar-refractivity contribution in [3.05, 3.63) is 35.4 Å². The number of nitrogens with zero attached hydrogens (tertiary/aromatic N) is 1. The highest BCUT2D eigenvalue weighted by atomic mass is 16.3. The van der Waals surface area contributed by atoms with E-state index >= 15 is 0 Å². The Bertz CT molecular complexity index is 413. The number of carbonyl (C=O) groups excluding carboxylic acids is 1. The van der Waals surface area contributed by atoms with Gasteiger partial charge in [0.05, 0.1) is 12.5 Å². The van der Waals surface area contributed by atoms with E-state index in [2.05, 4.69) is 19.1 Å². The molecule has 1 saturated heterocycles. The van der Waals surface area contributed by atoms with Crippen LogP contribution in [0.2, 0.25) is 0 Å². The minimum atomic E-state index is -0.343. The second kappa shape index (κ2) is 6.71. The zero-order valence-corrected chi connectivity index (χ0v) is 11.6. The van der Waals surface area contributed by atoms with Gasteiger partial charge in [0.25, 0.3) is 0 Å². The Kier molecular flexibility index (Phi) is 4.97. The van der Waals surface area contributed by atoms with Crippen LogP contribution in [0.1, 0.15) is 37.3 Å². The fraction of sp³-hybridized carbons (Fsp3) is 0.562. The molecule has 1 atom stereocenters. The van der Waals surface area contributed by atoms with E-state index in [-0.39, 0.29) is 12.0 Å². The lowest BCUT2D eigenvalue weighted by Gasteiger charge is -2.30. The highest BCUT2D eigenvalue weighted by Gasteiger charge is 2.21.